The smallest absolute Gasteiger partial charge is 0.307 e. The van der Waals surface area contributed by atoms with Gasteiger partial charge in [0.1, 0.15) is 12.4 Å². The first-order valence-electron chi connectivity index (χ1n) is 6.88. The summed E-state index contributed by atoms with van der Waals surface area (Å²) in [6.45, 7) is 7.48. The van der Waals surface area contributed by atoms with E-state index in [4.69, 9.17) is 10.5 Å². The first kappa shape index (κ1) is 15.5. The van der Waals surface area contributed by atoms with Gasteiger partial charge >= 0.3 is 4.87 Å². The Balaban J connectivity index is 2.18. The molecule has 0 spiro atoms. The monoisotopic (exact) mass is 304 g/mol. The van der Waals surface area contributed by atoms with Gasteiger partial charge in [-0.1, -0.05) is 17.9 Å². The van der Waals surface area contributed by atoms with Crippen LogP contribution in [0.2, 0.25) is 0 Å². The highest BCUT2D eigenvalue weighted by Gasteiger charge is 2.08. The van der Waals surface area contributed by atoms with Crippen molar-refractivity contribution in [3.8, 4) is 17.0 Å². The highest BCUT2D eigenvalue weighted by Crippen LogP contribution is 2.23. The number of hydrogen-bond donors (Lipinski definition) is 1. The molecule has 0 aliphatic heterocycles. The Morgan fingerprint density at radius 1 is 1.38 bits per heavy atom. The van der Waals surface area contributed by atoms with Gasteiger partial charge in [0.15, 0.2) is 0 Å². The average molecular weight is 304 g/mol. The van der Waals surface area contributed by atoms with E-state index in [0.29, 0.717) is 19.7 Å². The molecule has 2 N–H and O–H groups in total. The first-order chi connectivity index (χ1) is 10.1. The summed E-state index contributed by atoms with van der Waals surface area (Å²) in [5.41, 5.74) is 8.45. The summed E-state index contributed by atoms with van der Waals surface area (Å²) in [4.78, 5) is 11.9. The molecule has 1 aromatic carbocycles. The Labute approximate surface area is 128 Å². The third-order valence-electron chi connectivity index (χ3n) is 3.00. The van der Waals surface area contributed by atoms with Crippen LogP contribution in [-0.2, 0) is 6.54 Å². The van der Waals surface area contributed by atoms with Gasteiger partial charge in [-0.15, -0.1) is 0 Å². The molecule has 0 saturated heterocycles. The van der Waals surface area contributed by atoms with Gasteiger partial charge in [0.25, 0.3) is 0 Å². The summed E-state index contributed by atoms with van der Waals surface area (Å²) >= 11 is 1.22. The summed E-state index contributed by atoms with van der Waals surface area (Å²) in [6, 6.07) is 7.75. The van der Waals surface area contributed by atoms with Crippen LogP contribution in [0.15, 0.2) is 46.6 Å². The molecule has 2 rings (SSSR count). The van der Waals surface area contributed by atoms with Crippen LogP contribution in [-0.4, -0.2) is 17.7 Å². The molecule has 0 unspecified atom stereocenters. The zero-order valence-corrected chi connectivity index (χ0v) is 13.0. The summed E-state index contributed by atoms with van der Waals surface area (Å²) in [7, 11) is 0. The standard InChI is InChI=1S/C16H20N2O2S/c1-12(2)10-20-14-6-4-13(5-7-14)15-11-21-16(19)18(15)9-3-8-17/h4-7,11H,1,3,8-10,17H2,2H3. The molecule has 1 aromatic heterocycles. The van der Waals surface area contributed by atoms with Gasteiger partial charge in [-0.2, -0.15) is 0 Å². The van der Waals surface area contributed by atoms with E-state index < -0.39 is 0 Å². The van der Waals surface area contributed by atoms with E-state index in [1.165, 1.54) is 11.3 Å². The lowest BCUT2D eigenvalue weighted by Crippen LogP contribution is -2.16. The normalized spacial score (nSPS) is 10.6. The highest BCUT2D eigenvalue weighted by atomic mass is 32.1. The Kier molecular flexibility index (Phi) is 5.36. The minimum atomic E-state index is 0.0565. The molecule has 5 heteroatoms. The van der Waals surface area contributed by atoms with E-state index >= 15 is 0 Å². The number of rotatable bonds is 7. The van der Waals surface area contributed by atoms with Crippen LogP contribution in [0, 0.1) is 0 Å². The van der Waals surface area contributed by atoms with Crippen molar-refractivity contribution in [2.24, 2.45) is 5.73 Å². The number of aromatic nitrogens is 1. The van der Waals surface area contributed by atoms with E-state index in [1.807, 2.05) is 36.6 Å². The lowest BCUT2D eigenvalue weighted by atomic mass is 10.1. The molecule has 0 fully saturated rings. The van der Waals surface area contributed by atoms with E-state index in [9.17, 15) is 4.79 Å². The summed E-state index contributed by atoms with van der Waals surface area (Å²) < 4.78 is 7.36. The van der Waals surface area contributed by atoms with Crippen molar-refractivity contribution < 1.29 is 4.74 Å². The molecule has 21 heavy (non-hydrogen) atoms. The molecule has 0 atom stereocenters. The maximum absolute atomic E-state index is 11.9. The van der Waals surface area contributed by atoms with Crippen molar-refractivity contribution in [1.82, 2.24) is 4.57 Å². The largest absolute Gasteiger partial charge is 0.489 e. The topological polar surface area (TPSA) is 57.2 Å². The molecule has 0 amide bonds. The Morgan fingerprint density at radius 3 is 2.71 bits per heavy atom. The van der Waals surface area contributed by atoms with Gasteiger partial charge in [0.2, 0.25) is 0 Å². The van der Waals surface area contributed by atoms with Gasteiger partial charge in [-0.25, -0.2) is 0 Å². The molecular formula is C16H20N2O2S. The van der Waals surface area contributed by atoms with Crippen LogP contribution in [0.4, 0.5) is 0 Å². The molecular weight excluding hydrogens is 284 g/mol. The summed E-state index contributed by atoms with van der Waals surface area (Å²) in [5, 5.41) is 1.89. The molecule has 0 saturated carbocycles. The third-order valence-corrected chi connectivity index (χ3v) is 3.77. The van der Waals surface area contributed by atoms with Crippen LogP contribution in [0.1, 0.15) is 13.3 Å². The van der Waals surface area contributed by atoms with Crippen molar-refractivity contribution in [2.45, 2.75) is 19.9 Å². The van der Waals surface area contributed by atoms with Crippen molar-refractivity contribution in [2.75, 3.05) is 13.2 Å². The molecule has 0 aliphatic carbocycles. The Morgan fingerprint density at radius 2 is 2.10 bits per heavy atom. The van der Waals surface area contributed by atoms with Crippen molar-refractivity contribution in [3.63, 3.8) is 0 Å². The second-order valence-corrected chi connectivity index (χ2v) is 5.77. The molecule has 0 aliphatic rings. The predicted octanol–water partition coefficient (Wildman–Crippen LogP) is 2.88. The van der Waals surface area contributed by atoms with Gasteiger partial charge in [-0.05, 0) is 55.3 Å². The van der Waals surface area contributed by atoms with E-state index in [2.05, 4.69) is 6.58 Å². The van der Waals surface area contributed by atoms with Crippen LogP contribution in [0.5, 0.6) is 5.75 Å². The van der Waals surface area contributed by atoms with Crippen molar-refractivity contribution in [3.05, 3.63) is 51.5 Å². The number of thiazole rings is 1. The number of hydrogen-bond acceptors (Lipinski definition) is 4. The van der Waals surface area contributed by atoms with E-state index in [0.717, 1.165) is 29.0 Å². The number of benzene rings is 1. The lowest BCUT2D eigenvalue weighted by molar-refractivity contribution is 0.353. The average Bonchev–Trinajstić information content (AvgIpc) is 2.84. The van der Waals surface area contributed by atoms with Gasteiger partial charge < -0.3 is 10.5 Å². The summed E-state index contributed by atoms with van der Waals surface area (Å²) in [5.74, 6) is 0.799. The van der Waals surface area contributed by atoms with Gasteiger partial charge in [0.05, 0.1) is 5.69 Å². The minimum Gasteiger partial charge on any atom is -0.489 e. The summed E-state index contributed by atoms with van der Waals surface area (Å²) in [6.07, 6.45) is 0.795. The third kappa shape index (κ3) is 4.06. The lowest BCUT2D eigenvalue weighted by Gasteiger charge is -2.09. The Bertz CT molecular complexity index is 656. The molecule has 2 aromatic rings. The molecule has 4 nitrogen and oxygen atoms in total. The molecule has 0 bridgehead atoms. The number of nitrogens with zero attached hydrogens (tertiary/aromatic N) is 1. The van der Waals surface area contributed by atoms with E-state index in [-0.39, 0.29) is 4.87 Å². The zero-order valence-electron chi connectivity index (χ0n) is 12.2. The second-order valence-electron chi connectivity index (χ2n) is 4.95. The first-order valence-corrected chi connectivity index (χ1v) is 7.76. The van der Waals surface area contributed by atoms with Gasteiger partial charge in [-0.3, -0.25) is 9.36 Å². The fourth-order valence-corrected chi connectivity index (χ4v) is 2.74. The van der Waals surface area contributed by atoms with E-state index in [1.54, 1.807) is 4.57 Å². The van der Waals surface area contributed by atoms with Crippen molar-refractivity contribution >= 4 is 11.3 Å². The van der Waals surface area contributed by atoms with Crippen LogP contribution in [0.3, 0.4) is 0 Å². The maximum atomic E-state index is 11.9. The maximum Gasteiger partial charge on any atom is 0.307 e. The second kappa shape index (κ2) is 7.24. The fourth-order valence-electron chi connectivity index (χ4n) is 1.95. The molecule has 1 heterocycles. The van der Waals surface area contributed by atoms with Crippen LogP contribution >= 0.6 is 11.3 Å². The quantitative estimate of drug-likeness (QED) is 0.800. The predicted molar refractivity (Wildman–Crippen MR) is 88.0 cm³/mol. The number of ether oxygens (including phenoxy) is 1. The van der Waals surface area contributed by atoms with Crippen LogP contribution in [0.25, 0.3) is 11.3 Å². The van der Waals surface area contributed by atoms with Crippen molar-refractivity contribution in [1.29, 1.82) is 0 Å². The number of nitrogens with two attached hydrogens (primary N) is 1. The fraction of sp³-hybridized carbons (Fsp3) is 0.312. The molecule has 0 radical (unpaired) electrons. The Hall–Kier alpha value is -1.85. The SMILES string of the molecule is C=C(C)COc1ccc(-c2csc(=O)n2CCCN)cc1. The van der Waals surface area contributed by atoms with Gasteiger partial charge in [0, 0.05) is 11.9 Å². The minimum absolute atomic E-state index is 0.0565. The van der Waals surface area contributed by atoms with Crippen LogP contribution < -0.4 is 15.3 Å². The molecule has 112 valence electrons. The zero-order chi connectivity index (χ0) is 15.2. The highest BCUT2D eigenvalue weighted by molar-refractivity contribution is 7.07.